The molecule has 0 aromatic heterocycles. The molecular formula is C10H16O. The summed E-state index contributed by atoms with van der Waals surface area (Å²) in [7, 11) is 1.77. The van der Waals surface area contributed by atoms with Gasteiger partial charge in [0.25, 0.3) is 0 Å². The van der Waals surface area contributed by atoms with Gasteiger partial charge in [-0.25, -0.2) is 0 Å². The molecule has 0 fully saturated rings. The SMILES string of the molecule is COC1C=C(C)C=C(C)C1C. The van der Waals surface area contributed by atoms with E-state index < -0.39 is 0 Å². The first kappa shape index (κ1) is 8.54. The minimum Gasteiger partial charge on any atom is -0.377 e. The van der Waals surface area contributed by atoms with Crippen LogP contribution >= 0.6 is 0 Å². The van der Waals surface area contributed by atoms with Gasteiger partial charge in [0.15, 0.2) is 0 Å². The van der Waals surface area contributed by atoms with E-state index in [0.717, 1.165) is 0 Å². The van der Waals surface area contributed by atoms with Crippen molar-refractivity contribution in [1.29, 1.82) is 0 Å². The number of ether oxygens (including phenoxy) is 1. The fourth-order valence-corrected chi connectivity index (χ4v) is 1.47. The Morgan fingerprint density at radius 3 is 2.55 bits per heavy atom. The number of hydrogen-bond donors (Lipinski definition) is 0. The molecule has 0 aromatic carbocycles. The molecular weight excluding hydrogens is 136 g/mol. The summed E-state index contributed by atoms with van der Waals surface area (Å²) in [5, 5.41) is 0. The molecule has 0 amide bonds. The van der Waals surface area contributed by atoms with E-state index in [0.29, 0.717) is 5.92 Å². The summed E-state index contributed by atoms with van der Waals surface area (Å²) in [6.45, 7) is 6.47. The van der Waals surface area contributed by atoms with Crippen molar-refractivity contribution in [3.8, 4) is 0 Å². The summed E-state index contributed by atoms with van der Waals surface area (Å²) >= 11 is 0. The summed E-state index contributed by atoms with van der Waals surface area (Å²) in [4.78, 5) is 0. The molecule has 0 aliphatic heterocycles. The zero-order valence-electron chi connectivity index (χ0n) is 7.72. The van der Waals surface area contributed by atoms with E-state index in [-0.39, 0.29) is 6.10 Å². The maximum atomic E-state index is 5.33. The van der Waals surface area contributed by atoms with Crippen molar-refractivity contribution in [3.05, 3.63) is 23.3 Å². The van der Waals surface area contributed by atoms with E-state index in [1.54, 1.807) is 7.11 Å². The lowest BCUT2D eigenvalue weighted by Gasteiger charge is -2.24. The van der Waals surface area contributed by atoms with E-state index in [1.807, 2.05) is 0 Å². The molecule has 1 aliphatic carbocycles. The Morgan fingerprint density at radius 2 is 2.00 bits per heavy atom. The molecule has 0 saturated heterocycles. The van der Waals surface area contributed by atoms with Gasteiger partial charge in [0.1, 0.15) is 0 Å². The summed E-state index contributed by atoms with van der Waals surface area (Å²) < 4.78 is 5.33. The van der Waals surface area contributed by atoms with Crippen LogP contribution in [0.5, 0.6) is 0 Å². The third kappa shape index (κ3) is 1.72. The molecule has 1 nitrogen and oxygen atoms in total. The maximum Gasteiger partial charge on any atom is 0.0820 e. The molecule has 0 saturated carbocycles. The van der Waals surface area contributed by atoms with Crippen molar-refractivity contribution >= 4 is 0 Å². The van der Waals surface area contributed by atoms with Crippen LogP contribution in [-0.2, 0) is 4.74 Å². The highest BCUT2D eigenvalue weighted by molar-refractivity contribution is 5.29. The third-order valence-corrected chi connectivity index (χ3v) is 2.37. The Hall–Kier alpha value is -0.560. The first-order valence-electron chi connectivity index (χ1n) is 4.04. The average molecular weight is 152 g/mol. The van der Waals surface area contributed by atoms with Crippen LogP contribution in [0.15, 0.2) is 23.3 Å². The zero-order valence-corrected chi connectivity index (χ0v) is 7.72. The molecule has 0 N–H and O–H groups in total. The van der Waals surface area contributed by atoms with Crippen molar-refractivity contribution in [3.63, 3.8) is 0 Å². The fourth-order valence-electron chi connectivity index (χ4n) is 1.47. The average Bonchev–Trinajstić information content (AvgIpc) is 1.96. The van der Waals surface area contributed by atoms with Crippen LogP contribution < -0.4 is 0 Å². The molecule has 0 heterocycles. The lowest BCUT2D eigenvalue weighted by atomic mass is 9.89. The molecule has 1 heteroatoms. The Morgan fingerprint density at radius 1 is 1.36 bits per heavy atom. The Bertz CT molecular complexity index is 201. The minimum atomic E-state index is 0.278. The molecule has 0 radical (unpaired) electrons. The highest BCUT2D eigenvalue weighted by atomic mass is 16.5. The van der Waals surface area contributed by atoms with Crippen LogP contribution in [0.3, 0.4) is 0 Å². The van der Waals surface area contributed by atoms with Gasteiger partial charge in [-0.1, -0.05) is 30.2 Å². The predicted molar refractivity (Wildman–Crippen MR) is 47.5 cm³/mol. The second-order valence-electron chi connectivity index (χ2n) is 3.29. The summed E-state index contributed by atoms with van der Waals surface area (Å²) in [5.74, 6) is 0.531. The first-order chi connectivity index (χ1) is 5.15. The standard InChI is InChI=1S/C10H16O/c1-7-5-8(2)9(3)10(6-7)11-4/h5-6,9-10H,1-4H3. The normalized spacial score (nSPS) is 31.3. The van der Waals surface area contributed by atoms with Crippen LogP contribution in [0.2, 0.25) is 0 Å². The van der Waals surface area contributed by atoms with Crippen molar-refractivity contribution in [1.82, 2.24) is 0 Å². The van der Waals surface area contributed by atoms with E-state index in [4.69, 9.17) is 4.74 Å². The molecule has 62 valence electrons. The van der Waals surface area contributed by atoms with E-state index >= 15 is 0 Å². The van der Waals surface area contributed by atoms with Crippen LogP contribution in [0.1, 0.15) is 20.8 Å². The summed E-state index contributed by atoms with van der Waals surface area (Å²) in [5.41, 5.74) is 2.73. The Balaban J connectivity index is 2.81. The van der Waals surface area contributed by atoms with E-state index in [2.05, 4.69) is 32.9 Å². The van der Waals surface area contributed by atoms with Gasteiger partial charge >= 0.3 is 0 Å². The minimum absolute atomic E-state index is 0.278. The van der Waals surface area contributed by atoms with Gasteiger partial charge in [-0.2, -0.15) is 0 Å². The number of allylic oxidation sites excluding steroid dienone is 2. The molecule has 0 aromatic rings. The number of methoxy groups -OCH3 is 1. The zero-order chi connectivity index (χ0) is 8.43. The lowest BCUT2D eigenvalue weighted by Crippen LogP contribution is -2.21. The van der Waals surface area contributed by atoms with Gasteiger partial charge in [0, 0.05) is 13.0 Å². The largest absolute Gasteiger partial charge is 0.377 e. The number of hydrogen-bond acceptors (Lipinski definition) is 1. The second-order valence-corrected chi connectivity index (χ2v) is 3.29. The van der Waals surface area contributed by atoms with Crippen molar-refractivity contribution in [2.24, 2.45) is 5.92 Å². The molecule has 1 rings (SSSR count). The maximum absolute atomic E-state index is 5.33. The smallest absolute Gasteiger partial charge is 0.0820 e. The molecule has 1 aliphatic rings. The molecule has 0 bridgehead atoms. The second kappa shape index (κ2) is 3.22. The quantitative estimate of drug-likeness (QED) is 0.561. The van der Waals surface area contributed by atoms with Gasteiger partial charge < -0.3 is 4.74 Å². The predicted octanol–water partition coefficient (Wildman–Crippen LogP) is 2.54. The van der Waals surface area contributed by atoms with Crippen molar-refractivity contribution < 1.29 is 4.74 Å². The molecule has 11 heavy (non-hydrogen) atoms. The monoisotopic (exact) mass is 152 g/mol. The van der Waals surface area contributed by atoms with Crippen LogP contribution in [-0.4, -0.2) is 13.2 Å². The first-order valence-corrected chi connectivity index (χ1v) is 4.04. The molecule has 0 spiro atoms. The van der Waals surface area contributed by atoms with Crippen LogP contribution in [0.4, 0.5) is 0 Å². The van der Waals surface area contributed by atoms with E-state index in [9.17, 15) is 0 Å². The Kier molecular flexibility index (Phi) is 2.50. The Labute approximate surface area is 68.8 Å². The van der Waals surface area contributed by atoms with Crippen molar-refractivity contribution in [2.45, 2.75) is 26.9 Å². The van der Waals surface area contributed by atoms with Gasteiger partial charge in [0.05, 0.1) is 6.10 Å². The summed E-state index contributed by atoms with van der Waals surface area (Å²) in [6, 6.07) is 0. The van der Waals surface area contributed by atoms with Gasteiger partial charge in [-0.15, -0.1) is 0 Å². The third-order valence-electron chi connectivity index (χ3n) is 2.37. The highest BCUT2D eigenvalue weighted by Crippen LogP contribution is 2.24. The molecule has 2 atom stereocenters. The van der Waals surface area contributed by atoms with Crippen LogP contribution in [0.25, 0.3) is 0 Å². The highest BCUT2D eigenvalue weighted by Gasteiger charge is 2.18. The van der Waals surface area contributed by atoms with E-state index in [1.165, 1.54) is 11.1 Å². The van der Waals surface area contributed by atoms with Crippen molar-refractivity contribution in [2.75, 3.05) is 7.11 Å². The van der Waals surface area contributed by atoms with Gasteiger partial charge in [-0.3, -0.25) is 0 Å². The van der Waals surface area contributed by atoms with Crippen LogP contribution in [0, 0.1) is 5.92 Å². The van der Waals surface area contributed by atoms with Gasteiger partial charge in [0.2, 0.25) is 0 Å². The van der Waals surface area contributed by atoms with Gasteiger partial charge in [-0.05, 0) is 13.8 Å². The lowest BCUT2D eigenvalue weighted by molar-refractivity contribution is 0.107. The topological polar surface area (TPSA) is 9.23 Å². The fraction of sp³-hybridized carbons (Fsp3) is 0.600. The molecule has 2 unspecified atom stereocenters. The summed E-state index contributed by atoms with van der Waals surface area (Å²) in [6.07, 6.45) is 4.68. The number of rotatable bonds is 1.